The van der Waals surface area contributed by atoms with Crippen LogP contribution in [-0.4, -0.2) is 33.3 Å². The Bertz CT molecular complexity index is 954. The van der Waals surface area contributed by atoms with Gasteiger partial charge in [0.25, 0.3) is 11.8 Å². The lowest BCUT2D eigenvalue weighted by Crippen LogP contribution is -2.41. The number of hydrazine groups is 1. The molecule has 0 saturated heterocycles. The SMILES string of the molecule is CS(=O)(=O)Cc1ccc(C(=O)NNC(=O)c2ccc3c(c2)OCO3)cc1. The molecule has 0 radical (unpaired) electrons. The van der Waals surface area contributed by atoms with E-state index in [0.29, 0.717) is 22.6 Å². The summed E-state index contributed by atoms with van der Waals surface area (Å²) in [4.78, 5) is 24.2. The fourth-order valence-electron chi connectivity index (χ4n) is 2.35. The summed E-state index contributed by atoms with van der Waals surface area (Å²) in [7, 11) is -3.14. The van der Waals surface area contributed by atoms with E-state index in [-0.39, 0.29) is 18.1 Å². The van der Waals surface area contributed by atoms with Crippen LogP contribution in [0.1, 0.15) is 26.3 Å². The number of hydrogen-bond acceptors (Lipinski definition) is 6. The molecule has 136 valence electrons. The molecule has 0 atom stereocenters. The van der Waals surface area contributed by atoms with Crippen LogP contribution in [-0.2, 0) is 15.6 Å². The molecule has 8 nitrogen and oxygen atoms in total. The van der Waals surface area contributed by atoms with E-state index in [0.717, 1.165) is 6.26 Å². The van der Waals surface area contributed by atoms with Gasteiger partial charge in [0.05, 0.1) is 5.75 Å². The Kier molecular flexibility index (Phi) is 4.81. The highest BCUT2D eigenvalue weighted by Crippen LogP contribution is 2.32. The van der Waals surface area contributed by atoms with Crippen LogP contribution in [0.5, 0.6) is 11.5 Å². The summed E-state index contributed by atoms with van der Waals surface area (Å²) < 4.78 is 32.9. The van der Waals surface area contributed by atoms with E-state index >= 15 is 0 Å². The highest BCUT2D eigenvalue weighted by Gasteiger charge is 2.16. The Hall–Kier alpha value is -3.07. The summed E-state index contributed by atoms with van der Waals surface area (Å²) in [6, 6.07) is 10.8. The maximum absolute atomic E-state index is 12.1. The van der Waals surface area contributed by atoms with Crippen molar-refractivity contribution in [3.8, 4) is 11.5 Å². The first-order valence-corrected chi connectivity index (χ1v) is 9.65. The molecule has 0 bridgehead atoms. The molecule has 0 aromatic heterocycles. The number of hydrogen-bond donors (Lipinski definition) is 2. The smallest absolute Gasteiger partial charge is 0.269 e. The van der Waals surface area contributed by atoms with E-state index in [2.05, 4.69) is 10.9 Å². The maximum Gasteiger partial charge on any atom is 0.269 e. The molecule has 2 aromatic rings. The van der Waals surface area contributed by atoms with Gasteiger partial charge in [0.2, 0.25) is 6.79 Å². The molecule has 2 aromatic carbocycles. The summed E-state index contributed by atoms with van der Waals surface area (Å²) in [5, 5.41) is 0. The lowest BCUT2D eigenvalue weighted by atomic mass is 10.1. The molecule has 9 heteroatoms. The Labute approximate surface area is 150 Å². The highest BCUT2D eigenvalue weighted by molar-refractivity contribution is 7.89. The van der Waals surface area contributed by atoms with Gasteiger partial charge >= 0.3 is 0 Å². The molecule has 26 heavy (non-hydrogen) atoms. The van der Waals surface area contributed by atoms with Crippen molar-refractivity contribution in [2.24, 2.45) is 0 Å². The fourth-order valence-corrected chi connectivity index (χ4v) is 3.15. The largest absolute Gasteiger partial charge is 0.454 e. The number of sulfone groups is 1. The zero-order valence-electron chi connectivity index (χ0n) is 13.8. The van der Waals surface area contributed by atoms with Crippen LogP contribution in [0.3, 0.4) is 0 Å². The molecule has 2 N–H and O–H groups in total. The number of amides is 2. The van der Waals surface area contributed by atoms with Crippen molar-refractivity contribution in [3.63, 3.8) is 0 Å². The summed E-state index contributed by atoms with van der Waals surface area (Å²) in [6.45, 7) is 0.104. The highest BCUT2D eigenvalue weighted by atomic mass is 32.2. The van der Waals surface area contributed by atoms with Crippen molar-refractivity contribution in [2.45, 2.75) is 5.75 Å². The average molecular weight is 376 g/mol. The van der Waals surface area contributed by atoms with Gasteiger partial charge in [-0.1, -0.05) is 12.1 Å². The Morgan fingerprint density at radius 2 is 1.50 bits per heavy atom. The van der Waals surface area contributed by atoms with Gasteiger partial charge in [0.15, 0.2) is 21.3 Å². The molecule has 3 rings (SSSR count). The number of fused-ring (bicyclic) bond motifs is 1. The molecule has 0 unspecified atom stereocenters. The summed E-state index contributed by atoms with van der Waals surface area (Å²) in [5.41, 5.74) is 5.78. The van der Waals surface area contributed by atoms with Gasteiger partial charge in [0.1, 0.15) is 0 Å². The quantitative estimate of drug-likeness (QED) is 0.771. The van der Waals surface area contributed by atoms with Gasteiger partial charge in [0, 0.05) is 17.4 Å². The first kappa shape index (κ1) is 17.7. The third kappa shape index (κ3) is 4.31. The van der Waals surface area contributed by atoms with E-state index in [1.54, 1.807) is 24.3 Å². The van der Waals surface area contributed by atoms with Gasteiger partial charge in [-0.3, -0.25) is 20.4 Å². The average Bonchev–Trinajstić information content (AvgIpc) is 3.06. The molecule has 0 fully saturated rings. The zero-order valence-corrected chi connectivity index (χ0v) is 14.6. The van der Waals surface area contributed by atoms with Crippen molar-refractivity contribution >= 4 is 21.7 Å². The standard InChI is InChI=1S/C17H16N2O6S/c1-26(22,23)9-11-2-4-12(5-3-11)16(20)18-19-17(21)13-6-7-14-15(8-13)25-10-24-14/h2-8H,9-10H2,1H3,(H,18,20)(H,19,21). The fraction of sp³-hybridized carbons (Fsp3) is 0.176. The second kappa shape index (κ2) is 7.04. The first-order valence-electron chi connectivity index (χ1n) is 7.59. The third-order valence-electron chi connectivity index (χ3n) is 3.57. The molecule has 1 heterocycles. The van der Waals surface area contributed by atoms with Gasteiger partial charge in [-0.2, -0.15) is 0 Å². The number of carbonyl (C=O) groups excluding carboxylic acids is 2. The molecule has 2 amide bonds. The minimum atomic E-state index is -3.14. The van der Waals surface area contributed by atoms with Crippen molar-refractivity contribution in [1.82, 2.24) is 10.9 Å². The Morgan fingerprint density at radius 3 is 2.15 bits per heavy atom. The van der Waals surface area contributed by atoms with Crippen LogP contribution >= 0.6 is 0 Å². The lowest BCUT2D eigenvalue weighted by Gasteiger charge is -2.08. The summed E-state index contributed by atoms with van der Waals surface area (Å²) >= 11 is 0. The minimum absolute atomic E-state index is 0.101. The predicted molar refractivity (Wildman–Crippen MR) is 92.5 cm³/mol. The van der Waals surface area contributed by atoms with Gasteiger partial charge in [-0.05, 0) is 35.9 Å². The minimum Gasteiger partial charge on any atom is -0.454 e. The normalized spacial score (nSPS) is 12.5. The van der Waals surface area contributed by atoms with Crippen LogP contribution in [0.25, 0.3) is 0 Å². The number of rotatable bonds is 4. The van der Waals surface area contributed by atoms with Crippen LogP contribution in [0.4, 0.5) is 0 Å². The van der Waals surface area contributed by atoms with E-state index in [1.807, 2.05) is 0 Å². The van der Waals surface area contributed by atoms with E-state index in [4.69, 9.17) is 9.47 Å². The van der Waals surface area contributed by atoms with Gasteiger partial charge < -0.3 is 9.47 Å². The van der Waals surface area contributed by atoms with Crippen molar-refractivity contribution < 1.29 is 27.5 Å². The first-order chi connectivity index (χ1) is 12.3. The maximum atomic E-state index is 12.1. The monoisotopic (exact) mass is 376 g/mol. The van der Waals surface area contributed by atoms with E-state index < -0.39 is 21.7 Å². The molecular weight excluding hydrogens is 360 g/mol. The molecular formula is C17H16N2O6S. The van der Waals surface area contributed by atoms with Crippen LogP contribution in [0.2, 0.25) is 0 Å². The topological polar surface area (TPSA) is 111 Å². The van der Waals surface area contributed by atoms with Gasteiger partial charge in [-0.25, -0.2) is 8.42 Å². The van der Waals surface area contributed by atoms with Crippen LogP contribution < -0.4 is 20.3 Å². The number of benzene rings is 2. The molecule has 1 aliphatic heterocycles. The Balaban J connectivity index is 1.59. The van der Waals surface area contributed by atoms with Crippen LogP contribution in [0, 0.1) is 0 Å². The third-order valence-corrected chi connectivity index (χ3v) is 4.43. The van der Waals surface area contributed by atoms with Crippen molar-refractivity contribution in [3.05, 3.63) is 59.2 Å². The summed E-state index contributed by atoms with van der Waals surface area (Å²) in [5.74, 6) is -0.115. The number of carbonyl (C=O) groups is 2. The van der Waals surface area contributed by atoms with Crippen molar-refractivity contribution in [2.75, 3.05) is 13.0 Å². The van der Waals surface area contributed by atoms with E-state index in [9.17, 15) is 18.0 Å². The molecule has 1 aliphatic rings. The van der Waals surface area contributed by atoms with Gasteiger partial charge in [-0.15, -0.1) is 0 Å². The molecule has 0 aliphatic carbocycles. The Morgan fingerprint density at radius 1 is 0.923 bits per heavy atom. The second-order valence-corrected chi connectivity index (χ2v) is 7.88. The zero-order chi connectivity index (χ0) is 18.7. The lowest BCUT2D eigenvalue weighted by molar-refractivity contribution is 0.0846. The van der Waals surface area contributed by atoms with Crippen LogP contribution in [0.15, 0.2) is 42.5 Å². The predicted octanol–water partition coefficient (Wildman–Crippen LogP) is 1.03. The van der Waals surface area contributed by atoms with E-state index in [1.165, 1.54) is 18.2 Å². The van der Waals surface area contributed by atoms with Crippen molar-refractivity contribution in [1.29, 1.82) is 0 Å². The number of ether oxygens (including phenoxy) is 2. The number of nitrogens with one attached hydrogen (secondary N) is 2. The second-order valence-electron chi connectivity index (χ2n) is 5.74. The molecule has 0 spiro atoms. The molecule has 0 saturated carbocycles. The summed E-state index contributed by atoms with van der Waals surface area (Å²) in [6.07, 6.45) is 1.14.